The van der Waals surface area contributed by atoms with E-state index in [1.54, 1.807) is 47.7 Å². The van der Waals surface area contributed by atoms with E-state index < -0.39 is 6.17 Å². The third kappa shape index (κ3) is 4.36. The van der Waals surface area contributed by atoms with Gasteiger partial charge in [-0.25, -0.2) is 14.4 Å². The van der Waals surface area contributed by atoms with Gasteiger partial charge >= 0.3 is 0 Å². The lowest BCUT2D eigenvalue weighted by Crippen LogP contribution is -2.29. The Balaban J connectivity index is 1.58. The van der Waals surface area contributed by atoms with E-state index in [0.717, 1.165) is 30.5 Å². The van der Waals surface area contributed by atoms with Crippen LogP contribution in [0, 0.1) is 11.3 Å². The first-order valence-corrected chi connectivity index (χ1v) is 10.8. The van der Waals surface area contributed by atoms with Crippen LogP contribution < -0.4 is 0 Å². The summed E-state index contributed by atoms with van der Waals surface area (Å²) in [7, 11) is 0. The summed E-state index contributed by atoms with van der Waals surface area (Å²) in [6.45, 7) is 6.28. The van der Waals surface area contributed by atoms with Gasteiger partial charge < -0.3 is 9.67 Å². The molecule has 3 aromatic rings. The summed E-state index contributed by atoms with van der Waals surface area (Å²) in [6.07, 6.45) is 10.8. The Morgan fingerprint density at radius 1 is 1.32 bits per heavy atom. The third-order valence-electron chi connectivity index (χ3n) is 6.44. The van der Waals surface area contributed by atoms with E-state index in [9.17, 15) is 5.11 Å². The maximum absolute atomic E-state index is 15.4. The minimum atomic E-state index is -1.01. The molecule has 0 aliphatic heterocycles. The molecule has 1 aromatic carbocycles. The average Bonchev–Trinajstić information content (AvgIpc) is 3.28. The number of aromatic hydroxyl groups is 1. The molecular formula is C24H28FN5O. The Bertz CT molecular complexity index is 1060. The minimum Gasteiger partial charge on any atom is -0.507 e. The number of alkyl halides is 1. The van der Waals surface area contributed by atoms with Crippen molar-refractivity contribution in [3.05, 3.63) is 54.5 Å². The smallest absolute Gasteiger partial charge is 0.174 e. The Morgan fingerprint density at radius 3 is 2.81 bits per heavy atom. The average molecular weight is 422 g/mol. The van der Waals surface area contributed by atoms with Crippen molar-refractivity contribution in [1.29, 1.82) is 0 Å². The standard InChI is InChI=1S/C24H28FN5O/c1-4-24(3)13-16(2)5-6-17(23(24)25)11-22-27-14-20(28-29-22)19-8-7-18(12-21(19)31)30-10-9-26-15-30/h7-12,14-16,23,31H,4-6,13H2,1-3H3/b17-11-/t16?,23-,24-/m1/s1. The molecule has 7 heteroatoms. The summed E-state index contributed by atoms with van der Waals surface area (Å²) in [5.41, 5.74) is 2.17. The molecule has 4 rings (SSSR count). The van der Waals surface area contributed by atoms with Gasteiger partial charge in [-0.1, -0.05) is 20.8 Å². The van der Waals surface area contributed by atoms with Crippen molar-refractivity contribution in [2.75, 3.05) is 0 Å². The van der Waals surface area contributed by atoms with Crippen LogP contribution in [-0.4, -0.2) is 36.0 Å². The molecule has 162 valence electrons. The van der Waals surface area contributed by atoms with Gasteiger partial charge in [0.25, 0.3) is 0 Å². The van der Waals surface area contributed by atoms with Crippen LogP contribution >= 0.6 is 0 Å². The summed E-state index contributed by atoms with van der Waals surface area (Å²) in [4.78, 5) is 8.39. The Kier molecular flexibility index (Phi) is 5.85. The van der Waals surface area contributed by atoms with Crippen molar-refractivity contribution in [3.63, 3.8) is 0 Å². The van der Waals surface area contributed by atoms with Crippen LogP contribution in [0.3, 0.4) is 0 Å². The second-order valence-corrected chi connectivity index (χ2v) is 8.81. The molecule has 0 bridgehead atoms. The highest BCUT2D eigenvalue weighted by Gasteiger charge is 2.38. The lowest BCUT2D eigenvalue weighted by Gasteiger charge is -2.32. The van der Waals surface area contributed by atoms with Gasteiger partial charge in [-0.3, -0.25) is 0 Å². The third-order valence-corrected chi connectivity index (χ3v) is 6.44. The highest BCUT2D eigenvalue weighted by Crippen LogP contribution is 2.44. The largest absolute Gasteiger partial charge is 0.507 e. The molecule has 0 spiro atoms. The lowest BCUT2D eigenvalue weighted by molar-refractivity contribution is 0.127. The number of rotatable bonds is 4. The SMILES string of the molecule is CC[C@]1(C)CC(C)CC/C(=C/c2ncc(-c3ccc(-n4ccnc4)cc3O)nn2)[C@H]1F. The molecule has 1 aliphatic carbocycles. The predicted molar refractivity (Wildman–Crippen MR) is 118 cm³/mol. The molecular weight excluding hydrogens is 393 g/mol. The molecule has 31 heavy (non-hydrogen) atoms. The zero-order valence-electron chi connectivity index (χ0n) is 18.2. The van der Waals surface area contributed by atoms with E-state index >= 15 is 4.39 Å². The van der Waals surface area contributed by atoms with E-state index in [0.29, 0.717) is 29.4 Å². The fourth-order valence-corrected chi connectivity index (χ4v) is 4.41. The topological polar surface area (TPSA) is 76.7 Å². The molecule has 1 saturated carbocycles. The molecule has 1 fully saturated rings. The van der Waals surface area contributed by atoms with Gasteiger partial charge in [-0.2, -0.15) is 0 Å². The lowest BCUT2D eigenvalue weighted by atomic mass is 9.75. The van der Waals surface area contributed by atoms with Gasteiger partial charge in [0.1, 0.15) is 17.6 Å². The zero-order valence-corrected chi connectivity index (χ0v) is 18.2. The van der Waals surface area contributed by atoms with Crippen molar-refractivity contribution in [2.45, 2.75) is 52.6 Å². The second kappa shape index (κ2) is 8.57. The fraction of sp³-hybridized carbons (Fsp3) is 0.417. The fourth-order valence-electron chi connectivity index (χ4n) is 4.41. The van der Waals surface area contributed by atoms with Crippen molar-refractivity contribution in [2.24, 2.45) is 11.3 Å². The molecule has 6 nitrogen and oxygen atoms in total. The van der Waals surface area contributed by atoms with Gasteiger partial charge in [0.05, 0.1) is 18.2 Å². The van der Waals surface area contributed by atoms with Gasteiger partial charge in [0.2, 0.25) is 0 Å². The molecule has 3 atom stereocenters. The van der Waals surface area contributed by atoms with Crippen LogP contribution in [0.2, 0.25) is 0 Å². The Morgan fingerprint density at radius 2 is 2.16 bits per heavy atom. The van der Waals surface area contributed by atoms with Crippen LogP contribution in [0.15, 0.2) is 48.7 Å². The molecule has 2 heterocycles. The monoisotopic (exact) mass is 421 g/mol. The van der Waals surface area contributed by atoms with E-state index in [1.807, 2.05) is 13.0 Å². The molecule has 1 N–H and O–H groups in total. The van der Waals surface area contributed by atoms with Crippen LogP contribution in [0.5, 0.6) is 5.75 Å². The van der Waals surface area contributed by atoms with Gasteiger partial charge in [-0.15, -0.1) is 10.2 Å². The quantitative estimate of drug-likeness (QED) is 0.572. The minimum absolute atomic E-state index is 0.0775. The number of benzene rings is 1. The highest BCUT2D eigenvalue weighted by molar-refractivity contribution is 5.68. The molecule has 1 unspecified atom stereocenters. The van der Waals surface area contributed by atoms with Crippen molar-refractivity contribution in [3.8, 4) is 22.7 Å². The summed E-state index contributed by atoms with van der Waals surface area (Å²) >= 11 is 0. The molecule has 1 aliphatic rings. The Labute approximate surface area is 181 Å². The second-order valence-electron chi connectivity index (χ2n) is 8.81. The van der Waals surface area contributed by atoms with Gasteiger partial charge in [-0.05, 0) is 55.4 Å². The van der Waals surface area contributed by atoms with Gasteiger partial charge in [0.15, 0.2) is 5.82 Å². The molecule has 2 aromatic heterocycles. The number of aromatic nitrogens is 5. The summed E-state index contributed by atoms with van der Waals surface area (Å²) in [6, 6.07) is 5.27. The first-order chi connectivity index (χ1) is 14.9. The number of imidazole rings is 1. The van der Waals surface area contributed by atoms with Crippen molar-refractivity contribution < 1.29 is 9.50 Å². The first-order valence-electron chi connectivity index (χ1n) is 10.8. The Hall–Kier alpha value is -3.09. The van der Waals surface area contributed by atoms with Crippen LogP contribution in [0.1, 0.15) is 52.3 Å². The van der Waals surface area contributed by atoms with Crippen molar-refractivity contribution >= 4 is 6.08 Å². The summed E-state index contributed by atoms with van der Waals surface area (Å²) in [5.74, 6) is 0.960. The zero-order chi connectivity index (χ0) is 22.0. The maximum atomic E-state index is 15.4. The number of nitrogens with zero attached hydrogens (tertiary/aromatic N) is 5. The summed E-state index contributed by atoms with van der Waals surface area (Å²) < 4.78 is 17.2. The van der Waals surface area contributed by atoms with Crippen LogP contribution in [0.4, 0.5) is 4.39 Å². The van der Waals surface area contributed by atoms with E-state index in [4.69, 9.17) is 0 Å². The van der Waals surface area contributed by atoms with Crippen LogP contribution in [-0.2, 0) is 0 Å². The number of hydrogen-bond acceptors (Lipinski definition) is 5. The van der Waals surface area contributed by atoms with Gasteiger partial charge in [0, 0.05) is 29.4 Å². The predicted octanol–water partition coefficient (Wildman–Crippen LogP) is 5.39. The first kappa shape index (κ1) is 21.2. The number of halogens is 1. The molecule has 0 amide bonds. The number of phenols is 1. The van der Waals surface area contributed by atoms with E-state index in [1.165, 1.54) is 0 Å². The maximum Gasteiger partial charge on any atom is 0.174 e. The van der Waals surface area contributed by atoms with E-state index in [2.05, 4.69) is 34.0 Å². The normalized spacial score (nSPS) is 25.5. The number of allylic oxidation sites excluding steroid dienone is 1. The highest BCUT2D eigenvalue weighted by atomic mass is 19.1. The van der Waals surface area contributed by atoms with Crippen LogP contribution in [0.25, 0.3) is 23.0 Å². The number of phenolic OH excluding ortho intramolecular Hbond substituents is 1. The van der Waals surface area contributed by atoms with Crippen molar-refractivity contribution in [1.82, 2.24) is 24.7 Å². The number of hydrogen-bond donors (Lipinski definition) is 1. The molecule has 0 radical (unpaired) electrons. The van der Waals surface area contributed by atoms with E-state index in [-0.39, 0.29) is 11.2 Å². The molecule has 0 saturated heterocycles. The summed E-state index contributed by atoms with van der Waals surface area (Å²) in [5, 5.41) is 18.9.